The minimum absolute atomic E-state index is 0.109. The Labute approximate surface area is 134 Å². The van der Waals surface area contributed by atoms with Gasteiger partial charge in [0, 0.05) is 30.2 Å². The number of carbonyl (C=O) groups excluding carboxylic acids is 1. The third-order valence-electron chi connectivity index (χ3n) is 3.97. The molecule has 1 fully saturated rings. The van der Waals surface area contributed by atoms with Gasteiger partial charge in [-0.3, -0.25) is 4.79 Å². The largest absolute Gasteiger partial charge is 0.343 e. The Bertz CT molecular complexity index is 607. The number of halogens is 1. The molecule has 0 spiro atoms. The molecule has 0 N–H and O–H groups in total. The van der Waals surface area contributed by atoms with Crippen LogP contribution in [0.4, 0.5) is 0 Å². The molecule has 0 radical (unpaired) electrons. The van der Waals surface area contributed by atoms with E-state index in [0.29, 0.717) is 38.8 Å². The summed E-state index contributed by atoms with van der Waals surface area (Å²) in [6, 6.07) is 7.89. The molecule has 0 unspecified atom stereocenters. The van der Waals surface area contributed by atoms with E-state index in [1.165, 1.54) is 6.26 Å². The maximum absolute atomic E-state index is 12.2. The van der Waals surface area contributed by atoms with Crippen LogP contribution in [0.3, 0.4) is 0 Å². The Balaban J connectivity index is 1.84. The molecule has 1 aliphatic heterocycles. The zero-order valence-corrected chi connectivity index (χ0v) is 14.5. The standard InChI is InChI=1S/C15H20BrNO3S/c1-21(19,20)13-8-10-17(11-9-13)15(18)7-6-12-4-2-3-5-14(12)16/h2-5,13H,6-11H2,1H3. The molecule has 2 rings (SSSR count). The van der Waals surface area contributed by atoms with Gasteiger partial charge in [-0.1, -0.05) is 34.1 Å². The Kier molecular flexibility index (Phi) is 5.43. The van der Waals surface area contributed by atoms with E-state index in [0.717, 1.165) is 10.0 Å². The number of sulfone groups is 1. The molecule has 4 nitrogen and oxygen atoms in total. The molecule has 1 saturated heterocycles. The van der Waals surface area contributed by atoms with Crippen molar-refractivity contribution in [2.45, 2.75) is 30.9 Å². The molecule has 0 bridgehead atoms. The van der Waals surface area contributed by atoms with Gasteiger partial charge >= 0.3 is 0 Å². The van der Waals surface area contributed by atoms with Crippen LogP contribution in [0.25, 0.3) is 0 Å². The number of piperidine rings is 1. The summed E-state index contributed by atoms with van der Waals surface area (Å²) in [7, 11) is -2.98. The summed E-state index contributed by atoms with van der Waals surface area (Å²) >= 11 is 3.48. The topological polar surface area (TPSA) is 54.5 Å². The third kappa shape index (κ3) is 4.54. The van der Waals surface area contributed by atoms with E-state index in [1.807, 2.05) is 24.3 Å². The van der Waals surface area contributed by atoms with Crippen molar-refractivity contribution >= 4 is 31.7 Å². The Morgan fingerprint density at radius 3 is 2.48 bits per heavy atom. The smallest absolute Gasteiger partial charge is 0.222 e. The van der Waals surface area contributed by atoms with Gasteiger partial charge in [-0.05, 0) is 30.9 Å². The number of nitrogens with zero attached hydrogens (tertiary/aromatic N) is 1. The highest BCUT2D eigenvalue weighted by Gasteiger charge is 2.28. The molecule has 0 aromatic heterocycles. The molecule has 1 heterocycles. The SMILES string of the molecule is CS(=O)(=O)C1CCN(C(=O)CCc2ccccc2Br)CC1. The normalized spacial score (nSPS) is 17.0. The maximum atomic E-state index is 12.2. The van der Waals surface area contributed by atoms with Crippen molar-refractivity contribution in [1.82, 2.24) is 4.90 Å². The second-order valence-corrected chi connectivity index (χ2v) is 8.68. The first-order valence-electron chi connectivity index (χ1n) is 7.08. The molecule has 1 aromatic rings. The quantitative estimate of drug-likeness (QED) is 0.814. The Morgan fingerprint density at radius 2 is 1.90 bits per heavy atom. The lowest BCUT2D eigenvalue weighted by atomic mass is 10.1. The summed E-state index contributed by atoms with van der Waals surface area (Å²) in [5, 5.41) is -0.287. The van der Waals surface area contributed by atoms with Crippen LogP contribution in [0.15, 0.2) is 28.7 Å². The number of likely N-dealkylation sites (tertiary alicyclic amines) is 1. The fourth-order valence-electron chi connectivity index (χ4n) is 2.63. The third-order valence-corrected chi connectivity index (χ3v) is 6.42. The summed E-state index contributed by atoms with van der Waals surface area (Å²) in [6.07, 6.45) is 3.56. The summed E-state index contributed by atoms with van der Waals surface area (Å²) in [4.78, 5) is 14.0. The first-order valence-corrected chi connectivity index (χ1v) is 9.82. The van der Waals surface area contributed by atoms with Crippen molar-refractivity contribution in [1.29, 1.82) is 0 Å². The number of hydrogen-bond acceptors (Lipinski definition) is 3. The van der Waals surface area contributed by atoms with Crippen molar-refractivity contribution < 1.29 is 13.2 Å². The second kappa shape index (κ2) is 6.92. The Morgan fingerprint density at radius 1 is 1.29 bits per heavy atom. The van der Waals surface area contributed by atoms with E-state index in [9.17, 15) is 13.2 Å². The number of amides is 1. The molecule has 1 aromatic carbocycles. The van der Waals surface area contributed by atoms with Crippen LogP contribution in [0.1, 0.15) is 24.8 Å². The minimum Gasteiger partial charge on any atom is -0.343 e. The first-order chi connectivity index (χ1) is 9.88. The molecule has 116 valence electrons. The zero-order valence-electron chi connectivity index (χ0n) is 12.1. The highest BCUT2D eigenvalue weighted by atomic mass is 79.9. The minimum atomic E-state index is -2.98. The van der Waals surface area contributed by atoms with Gasteiger partial charge in [0.2, 0.25) is 5.91 Å². The fraction of sp³-hybridized carbons (Fsp3) is 0.533. The van der Waals surface area contributed by atoms with Crippen molar-refractivity contribution in [3.63, 3.8) is 0 Å². The summed E-state index contributed by atoms with van der Waals surface area (Å²) in [5.41, 5.74) is 1.12. The van der Waals surface area contributed by atoms with Gasteiger partial charge in [-0.2, -0.15) is 0 Å². The van der Waals surface area contributed by atoms with Crippen molar-refractivity contribution in [3.8, 4) is 0 Å². The average Bonchev–Trinajstić information content (AvgIpc) is 2.45. The van der Waals surface area contributed by atoms with E-state index >= 15 is 0 Å². The van der Waals surface area contributed by atoms with Crippen molar-refractivity contribution in [2.75, 3.05) is 19.3 Å². The van der Waals surface area contributed by atoms with E-state index in [-0.39, 0.29) is 11.2 Å². The highest BCUT2D eigenvalue weighted by Crippen LogP contribution is 2.20. The summed E-state index contributed by atoms with van der Waals surface area (Å²) in [6.45, 7) is 1.10. The van der Waals surface area contributed by atoms with Crippen LogP contribution >= 0.6 is 15.9 Å². The van der Waals surface area contributed by atoms with Gasteiger partial charge in [0.05, 0.1) is 5.25 Å². The molecule has 21 heavy (non-hydrogen) atoms. The molecule has 1 amide bonds. The van der Waals surface area contributed by atoms with Gasteiger partial charge < -0.3 is 4.90 Å². The van der Waals surface area contributed by atoms with Crippen LogP contribution in [-0.4, -0.2) is 43.8 Å². The lowest BCUT2D eigenvalue weighted by molar-refractivity contribution is -0.132. The van der Waals surface area contributed by atoms with E-state index in [4.69, 9.17) is 0 Å². The summed E-state index contributed by atoms with van der Waals surface area (Å²) in [5.74, 6) is 0.109. The van der Waals surface area contributed by atoms with Crippen LogP contribution in [0.5, 0.6) is 0 Å². The average molecular weight is 374 g/mol. The van der Waals surface area contributed by atoms with Gasteiger partial charge in [-0.25, -0.2) is 8.42 Å². The van der Waals surface area contributed by atoms with Gasteiger partial charge in [0.25, 0.3) is 0 Å². The van der Waals surface area contributed by atoms with Crippen molar-refractivity contribution in [3.05, 3.63) is 34.3 Å². The number of rotatable bonds is 4. The number of hydrogen-bond donors (Lipinski definition) is 0. The molecule has 1 aliphatic rings. The van der Waals surface area contributed by atoms with Crippen LogP contribution in [0, 0.1) is 0 Å². The van der Waals surface area contributed by atoms with Gasteiger partial charge in [-0.15, -0.1) is 0 Å². The molecule has 0 atom stereocenters. The predicted octanol–water partition coefficient (Wildman–Crippen LogP) is 2.42. The first kappa shape index (κ1) is 16.5. The number of benzene rings is 1. The lowest BCUT2D eigenvalue weighted by Gasteiger charge is -2.31. The molecule has 6 heteroatoms. The van der Waals surface area contributed by atoms with E-state index in [2.05, 4.69) is 15.9 Å². The van der Waals surface area contributed by atoms with Crippen LogP contribution in [-0.2, 0) is 21.1 Å². The zero-order chi connectivity index (χ0) is 15.5. The van der Waals surface area contributed by atoms with Gasteiger partial charge in [0.15, 0.2) is 0 Å². The second-order valence-electron chi connectivity index (χ2n) is 5.50. The predicted molar refractivity (Wildman–Crippen MR) is 86.9 cm³/mol. The van der Waals surface area contributed by atoms with Crippen LogP contribution in [0.2, 0.25) is 0 Å². The monoisotopic (exact) mass is 373 g/mol. The maximum Gasteiger partial charge on any atom is 0.222 e. The number of aryl methyl sites for hydroxylation is 1. The summed E-state index contributed by atoms with van der Waals surface area (Å²) < 4.78 is 24.0. The number of carbonyl (C=O) groups is 1. The van der Waals surface area contributed by atoms with E-state index in [1.54, 1.807) is 4.90 Å². The molecular formula is C15H20BrNO3S. The lowest BCUT2D eigenvalue weighted by Crippen LogP contribution is -2.42. The van der Waals surface area contributed by atoms with Crippen molar-refractivity contribution in [2.24, 2.45) is 0 Å². The molecule has 0 saturated carbocycles. The Hall–Kier alpha value is -0.880. The molecule has 0 aliphatic carbocycles. The highest BCUT2D eigenvalue weighted by molar-refractivity contribution is 9.10. The molecular weight excluding hydrogens is 354 g/mol. The fourth-order valence-corrected chi connectivity index (χ4v) is 4.18. The van der Waals surface area contributed by atoms with E-state index < -0.39 is 9.84 Å². The van der Waals surface area contributed by atoms with Crippen LogP contribution < -0.4 is 0 Å². The van der Waals surface area contributed by atoms with Gasteiger partial charge in [0.1, 0.15) is 9.84 Å².